The van der Waals surface area contributed by atoms with Crippen molar-refractivity contribution >= 4 is 37.5 Å². The Morgan fingerprint density at radius 1 is 0.735 bits per heavy atom. The first-order chi connectivity index (χ1) is 16.6. The Balaban J connectivity index is 1.76. The first kappa shape index (κ1) is 27.2. The minimum Gasteiger partial charge on any atom is -0.387 e. The van der Waals surface area contributed by atoms with E-state index in [4.69, 9.17) is 0 Å². The van der Waals surface area contributed by atoms with Crippen molar-refractivity contribution in [3.05, 3.63) is 58.6 Å². The minimum atomic E-state index is -0.488. The number of hydrogen-bond donors (Lipinski definition) is 1. The molecule has 0 amide bonds. The zero-order valence-corrected chi connectivity index (χ0v) is 23.1. The molecule has 34 heavy (non-hydrogen) atoms. The second kappa shape index (κ2) is 14.2. The number of fused-ring (bicyclic) bond motifs is 3. The molecule has 3 aromatic rings. The molecule has 0 radical (unpaired) electrons. The summed E-state index contributed by atoms with van der Waals surface area (Å²) in [7, 11) is 0. The third-order valence-corrected chi connectivity index (χ3v) is 7.96. The Bertz CT molecular complexity index is 1000. The van der Waals surface area contributed by atoms with Gasteiger partial charge in [-0.05, 0) is 72.1 Å². The van der Waals surface area contributed by atoms with E-state index < -0.39 is 6.10 Å². The van der Waals surface area contributed by atoms with Gasteiger partial charge in [0.25, 0.3) is 0 Å². The van der Waals surface area contributed by atoms with E-state index in [1.54, 1.807) is 0 Å². The lowest BCUT2D eigenvalue weighted by molar-refractivity contribution is 0.0555. The first-order valence-electron chi connectivity index (χ1n) is 13.6. The van der Waals surface area contributed by atoms with Crippen molar-refractivity contribution in [3.8, 4) is 0 Å². The van der Waals surface area contributed by atoms with Gasteiger partial charge in [-0.3, -0.25) is 4.90 Å². The Morgan fingerprint density at radius 3 is 1.94 bits per heavy atom. The molecule has 0 saturated carbocycles. The van der Waals surface area contributed by atoms with Crippen LogP contribution in [0.5, 0.6) is 0 Å². The number of aliphatic hydroxyl groups is 1. The summed E-state index contributed by atoms with van der Waals surface area (Å²) < 4.78 is 1.12. The number of nitrogens with zero attached hydrogens (tertiary/aromatic N) is 1. The van der Waals surface area contributed by atoms with E-state index in [1.165, 1.54) is 85.8 Å². The van der Waals surface area contributed by atoms with Gasteiger partial charge < -0.3 is 5.11 Å². The molecule has 3 rings (SSSR count). The topological polar surface area (TPSA) is 23.5 Å². The molecule has 0 spiro atoms. The Kier molecular flexibility index (Phi) is 11.4. The molecule has 2 nitrogen and oxygen atoms in total. The lowest BCUT2D eigenvalue weighted by atomic mass is 9.95. The minimum absolute atomic E-state index is 0.108. The summed E-state index contributed by atoms with van der Waals surface area (Å²) in [5.41, 5.74) is 1.02. The van der Waals surface area contributed by atoms with E-state index in [2.05, 4.69) is 90.1 Å². The largest absolute Gasteiger partial charge is 0.387 e. The second-order valence-corrected chi connectivity index (χ2v) is 10.8. The quantitative estimate of drug-likeness (QED) is 0.157. The summed E-state index contributed by atoms with van der Waals surface area (Å²) in [6, 6.07) is 17.3. The summed E-state index contributed by atoms with van der Waals surface area (Å²) in [5, 5.41) is 16.4. The van der Waals surface area contributed by atoms with Crippen LogP contribution in [0.3, 0.4) is 0 Å². The molecule has 2 atom stereocenters. The molecule has 0 aromatic heterocycles. The van der Waals surface area contributed by atoms with Gasteiger partial charge in [-0.25, -0.2) is 0 Å². The van der Waals surface area contributed by atoms with E-state index in [-0.39, 0.29) is 6.04 Å². The fourth-order valence-corrected chi connectivity index (χ4v) is 5.68. The second-order valence-electron chi connectivity index (χ2n) is 9.93. The maximum atomic E-state index is 11.5. The Labute approximate surface area is 215 Å². The van der Waals surface area contributed by atoms with Crippen LogP contribution in [-0.4, -0.2) is 29.1 Å². The lowest BCUT2D eigenvalue weighted by Crippen LogP contribution is -2.39. The van der Waals surface area contributed by atoms with E-state index >= 15 is 0 Å². The predicted molar refractivity (Wildman–Crippen MR) is 153 cm³/mol. The highest BCUT2D eigenvalue weighted by Gasteiger charge is 2.23. The van der Waals surface area contributed by atoms with Crippen LogP contribution in [0.2, 0.25) is 0 Å². The van der Waals surface area contributed by atoms with Gasteiger partial charge in [-0.15, -0.1) is 0 Å². The highest BCUT2D eigenvalue weighted by molar-refractivity contribution is 9.10. The average Bonchev–Trinajstić information content (AvgIpc) is 2.86. The number of halogens is 1. The SMILES string of the molecule is CCCCCCCN(CCCCCCC)[C@@H](C)[C@H](O)c1ccc2cc(Br)c3ccccc3c2c1. The summed E-state index contributed by atoms with van der Waals surface area (Å²) in [4.78, 5) is 2.55. The van der Waals surface area contributed by atoms with Crippen molar-refractivity contribution in [2.45, 2.75) is 97.1 Å². The van der Waals surface area contributed by atoms with Crippen molar-refractivity contribution < 1.29 is 5.11 Å². The molecule has 0 aliphatic rings. The van der Waals surface area contributed by atoms with Crippen LogP contribution in [0.1, 0.15) is 96.6 Å². The van der Waals surface area contributed by atoms with Crippen molar-refractivity contribution in [1.29, 1.82) is 0 Å². The molecular weight excluding hydrogens is 482 g/mol. The van der Waals surface area contributed by atoms with E-state index in [9.17, 15) is 5.11 Å². The maximum absolute atomic E-state index is 11.5. The number of hydrogen-bond acceptors (Lipinski definition) is 2. The summed E-state index contributed by atoms with van der Waals surface area (Å²) in [6.07, 6.45) is 12.4. The van der Waals surface area contributed by atoms with Gasteiger partial charge in [-0.2, -0.15) is 0 Å². The van der Waals surface area contributed by atoms with Crippen molar-refractivity contribution in [1.82, 2.24) is 4.90 Å². The van der Waals surface area contributed by atoms with Crippen molar-refractivity contribution in [2.75, 3.05) is 13.1 Å². The van der Waals surface area contributed by atoms with Gasteiger partial charge in [0.1, 0.15) is 0 Å². The highest BCUT2D eigenvalue weighted by atomic mass is 79.9. The standard InChI is InChI=1S/C31H44BrNO/c1-4-6-8-10-14-20-33(21-15-11-9-7-5-2)24(3)31(34)26-19-18-25-23-30(32)28-17-13-12-16-27(28)29(25)22-26/h12-13,16-19,22-24,31,34H,4-11,14-15,20-21H2,1-3H3/t24-,31-/m0/s1. The number of aliphatic hydroxyl groups excluding tert-OH is 1. The van der Waals surface area contributed by atoms with Crippen LogP contribution in [0.4, 0.5) is 0 Å². The smallest absolute Gasteiger partial charge is 0.0942 e. The fourth-order valence-electron chi connectivity index (χ4n) is 5.09. The van der Waals surface area contributed by atoms with Gasteiger partial charge >= 0.3 is 0 Å². The van der Waals surface area contributed by atoms with Crippen LogP contribution in [-0.2, 0) is 0 Å². The summed E-state index contributed by atoms with van der Waals surface area (Å²) in [6.45, 7) is 8.92. The molecule has 0 bridgehead atoms. The molecule has 0 saturated heterocycles. The molecule has 0 aliphatic heterocycles. The van der Waals surface area contributed by atoms with Crippen LogP contribution < -0.4 is 0 Å². The predicted octanol–water partition coefficient (Wildman–Crippen LogP) is 9.42. The lowest BCUT2D eigenvalue weighted by Gasteiger charge is -2.33. The van der Waals surface area contributed by atoms with Gasteiger partial charge in [0.15, 0.2) is 0 Å². The molecule has 0 unspecified atom stereocenters. The van der Waals surface area contributed by atoms with E-state index in [0.29, 0.717) is 0 Å². The zero-order chi connectivity index (χ0) is 24.3. The monoisotopic (exact) mass is 525 g/mol. The van der Waals surface area contributed by atoms with Crippen LogP contribution in [0.25, 0.3) is 21.5 Å². The van der Waals surface area contributed by atoms with Crippen LogP contribution >= 0.6 is 15.9 Å². The average molecular weight is 527 g/mol. The molecule has 1 N–H and O–H groups in total. The van der Waals surface area contributed by atoms with Gasteiger partial charge in [0.2, 0.25) is 0 Å². The van der Waals surface area contributed by atoms with E-state index in [1.807, 2.05) is 0 Å². The molecule has 0 heterocycles. The fraction of sp³-hybridized carbons (Fsp3) is 0.548. The van der Waals surface area contributed by atoms with E-state index in [0.717, 1.165) is 23.1 Å². The van der Waals surface area contributed by atoms with Crippen LogP contribution in [0.15, 0.2) is 53.0 Å². The molecule has 0 fully saturated rings. The number of rotatable bonds is 15. The van der Waals surface area contributed by atoms with Gasteiger partial charge in [0.05, 0.1) is 6.10 Å². The first-order valence-corrected chi connectivity index (χ1v) is 14.4. The Morgan fingerprint density at radius 2 is 1.32 bits per heavy atom. The summed E-state index contributed by atoms with van der Waals surface area (Å²) >= 11 is 3.73. The Hall–Kier alpha value is -1.42. The van der Waals surface area contributed by atoms with Gasteiger partial charge in [0, 0.05) is 10.5 Å². The maximum Gasteiger partial charge on any atom is 0.0942 e. The van der Waals surface area contributed by atoms with Gasteiger partial charge in [-0.1, -0.05) is 118 Å². The normalized spacial score (nSPS) is 13.7. The molecule has 3 heteroatoms. The van der Waals surface area contributed by atoms with Crippen molar-refractivity contribution in [2.24, 2.45) is 0 Å². The molecule has 3 aromatic carbocycles. The van der Waals surface area contributed by atoms with Crippen LogP contribution in [0, 0.1) is 0 Å². The third-order valence-electron chi connectivity index (χ3n) is 7.31. The molecule has 0 aliphatic carbocycles. The number of benzene rings is 3. The zero-order valence-electron chi connectivity index (χ0n) is 21.5. The third kappa shape index (κ3) is 7.29. The molecular formula is C31H44BrNO. The summed E-state index contributed by atoms with van der Waals surface area (Å²) in [5.74, 6) is 0. The molecule has 186 valence electrons. The highest BCUT2D eigenvalue weighted by Crippen LogP contribution is 2.34. The van der Waals surface area contributed by atoms with Crippen molar-refractivity contribution in [3.63, 3.8) is 0 Å². The number of unbranched alkanes of at least 4 members (excludes halogenated alkanes) is 8.